The Morgan fingerprint density at radius 2 is 0.851 bits per heavy atom. The molecule has 0 radical (unpaired) electrons. The maximum absolute atomic E-state index is 13.0. The summed E-state index contributed by atoms with van der Waals surface area (Å²) in [6.45, 7) is 2.60. The number of carbonyl (C=O) groups is 2. The van der Waals surface area contributed by atoms with E-state index in [4.69, 9.17) is 28.4 Å². The minimum atomic E-state index is -1.76. The number of esters is 2. The van der Waals surface area contributed by atoms with Crippen LogP contribution >= 0.6 is 0 Å². The van der Waals surface area contributed by atoms with Crippen LogP contribution in [0.5, 0.6) is 0 Å². The van der Waals surface area contributed by atoms with Crippen molar-refractivity contribution in [2.45, 2.75) is 280 Å². The van der Waals surface area contributed by atoms with Gasteiger partial charge in [-0.1, -0.05) is 174 Å². The second kappa shape index (κ2) is 39.9. The van der Waals surface area contributed by atoms with Crippen LogP contribution in [0.1, 0.15) is 213 Å². The summed E-state index contributed by atoms with van der Waals surface area (Å²) in [6, 6.07) is 0. The average Bonchev–Trinajstić information content (AvgIpc) is 3.32. The number of allylic oxidation sites excluding steroid dienone is 2. The third kappa shape index (κ3) is 28.0. The van der Waals surface area contributed by atoms with E-state index in [1.165, 1.54) is 122 Å². The highest BCUT2D eigenvalue weighted by atomic mass is 16.7. The first-order valence-corrected chi connectivity index (χ1v) is 26.8. The Morgan fingerprint density at radius 3 is 1.33 bits per heavy atom. The Bertz CT molecular complexity index is 1220. The first kappa shape index (κ1) is 61.4. The van der Waals surface area contributed by atoms with Crippen LogP contribution < -0.4 is 0 Å². The fourth-order valence-corrected chi connectivity index (χ4v) is 8.57. The summed E-state index contributed by atoms with van der Waals surface area (Å²) in [5.41, 5.74) is 0. The van der Waals surface area contributed by atoms with E-state index in [9.17, 15) is 45.3 Å². The van der Waals surface area contributed by atoms with Gasteiger partial charge < -0.3 is 64.2 Å². The van der Waals surface area contributed by atoms with Crippen molar-refractivity contribution >= 4 is 11.9 Å². The lowest BCUT2D eigenvalue weighted by atomic mass is 9.98. The van der Waals surface area contributed by atoms with Gasteiger partial charge in [-0.05, 0) is 38.5 Å². The van der Waals surface area contributed by atoms with Crippen LogP contribution in [0, 0.1) is 0 Å². The molecule has 0 bridgehead atoms. The SMILES string of the molecule is CCCCCC/C=C/CCCCCCCCCC(=O)O[C@@H](COC(=O)CCCCCCCCCCCCCCCCCC)CO[C@@H]1O[C@H](CO[C@@H]2O[C@H](CO)[C@H](O)C(O)C2O)[C@H](O)C(O)C1O. The molecule has 0 aromatic carbocycles. The van der Waals surface area contributed by atoms with Gasteiger partial charge in [-0.15, -0.1) is 0 Å². The minimum absolute atomic E-state index is 0.164. The van der Waals surface area contributed by atoms with Gasteiger partial charge in [-0.25, -0.2) is 0 Å². The van der Waals surface area contributed by atoms with Crippen molar-refractivity contribution in [1.82, 2.24) is 0 Å². The summed E-state index contributed by atoms with van der Waals surface area (Å²) >= 11 is 0. The van der Waals surface area contributed by atoms with Crippen molar-refractivity contribution in [3.8, 4) is 0 Å². The van der Waals surface area contributed by atoms with Crippen LogP contribution in [0.15, 0.2) is 12.2 Å². The highest BCUT2D eigenvalue weighted by molar-refractivity contribution is 5.70. The molecule has 67 heavy (non-hydrogen) atoms. The predicted octanol–water partition coefficient (Wildman–Crippen LogP) is 7.77. The third-order valence-corrected chi connectivity index (χ3v) is 13.0. The Morgan fingerprint density at radius 1 is 0.463 bits per heavy atom. The van der Waals surface area contributed by atoms with E-state index in [0.29, 0.717) is 12.8 Å². The second-order valence-electron chi connectivity index (χ2n) is 19.1. The summed E-state index contributed by atoms with van der Waals surface area (Å²) in [5.74, 6) is -0.918. The molecule has 0 aromatic heterocycles. The van der Waals surface area contributed by atoms with Crippen molar-refractivity contribution in [3.63, 3.8) is 0 Å². The van der Waals surface area contributed by atoms with Gasteiger partial charge in [-0.2, -0.15) is 0 Å². The highest BCUT2D eigenvalue weighted by Crippen LogP contribution is 2.27. The van der Waals surface area contributed by atoms with Crippen molar-refractivity contribution in [3.05, 3.63) is 12.2 Å². The molecule has 2 aliphatic rings. The van der Waals surface area contributed by atoms with E-state index in [1.54, 1.807) is 0 Å². The molecular formula is C52H96O15. The lowest BCUT2D eigenvalue weighted by Crippen LogP contribution is -2.61. The zero-order valence-electron chi connectivity index (χ0n) is 41.7. The molecular weight excluding hydrogens is 865 g/mol. The van der Waals surface area contributed by atoms with Gasteiger partial charge >= 0.3 is 11.9 Å². The Hall–Kier alpha value is -1.76. The first-order chi connectivity index (χ1) is 32.5. The number of hydrogen-bond acceptors (Lipinski definition) is 15. The van der Waals surface area contributed by atoms with Crippen molar-refractivity contribution in [1.29, 1.82) is 0 Å². The van der Waals surface area contributed by atoms with Crippen LogP contribution in [-0.2, 0) is 38.0 Å². The standard InChI is InChI=1S/C52H96O15/c1-3-5-7-9-11-13-15-17-19-21-22-24-26-28-30-32-34-43(54)62-37-40(65-44(55)35-33-31-29-27-25-23-20-18-16-14-12-10-8-6-4-2)38-63-51-50(61)48(59)46(57)42(67-51)39-64-52-49(60)47(58)45(56)41(36-53)66-52/h14,16,40-42,45-53,56-61H,3-13,15,17-39H2,1-2H3/b16-14+/t40-,41+,42+,45-,46-,47?,48?,49?,50?,51+,52+/m0/s1. The van der Waals surface area contributed by atoms with Crippen molar-refractivity contribution in [2.75, 3.05) is 26.4 Å². The van der Waals surface area contributed by atoms with Gasteiger partial charge in [0.05, 0.1) is 19.8 Å². The van der Waals surface area contributed by atoms with Crippen molar-refractivity contribution in [2.24, 2.45) is 0 Å². The summed E-state index contributed by atoms with van der Waals surface area (Å²) in [7, 11) is 0. The highest BCUT2D eigenvalue weighted by Gasteiger charge is 2.47. The van der Waals surface area contributed by atoms with Crippen LogP contribution in [0.3, 0.4) is 0 Å². The fourth-order valence-electron chi connectivity index (χ4n) is 8.57. The molecule has 0 spiro atoms. The van der Waals surface area contributed by atoms with Gasteiger partial charge in [0.1, 0.15) is 55.4 Å². The third-order valence-electron chi connectivity index (χ3n) is 13.0. The van der Waals surface area contributed by atoms with Gasteiger partial charge in [0, 0.05) is 12.8 Å². The topological polar surface area (TPSA) is 231 Å². The molecule has 15 heteroatoms. The first-order valence-electron chi connectivity index (χ1n) is 26.8. The molecule has 15 nitrogen and oxygen atoms in total. The van der Waals surface area contributed by atoms with E-state index in [-0.39, 0.29) is 26.1 Å². The zero-order valence-corrected chi connectivity index (χ0v) is 41.7. The average molecular weight is 961 g/mol. The molecule has 394 valence electrons. The fraction of sp³-hybridized carbons (Fsp3) is 0.923. The quantitative estimate of drug-likeness (QED) is 0.0176. The Labute approximate surface area is 403 Å². The molecule has 2 aliphatic heterocycles. The maximum atomic E-state index is 13.0. The van der Waals surface area contributed by atoms with Gasteiger partial charge in [0.25, 0.3) is 0 Å². The van der Waals surface area contributed by atoms with Gasteiger partial charge in [0.15, 0.2) is 18.7 Å². The zero-order chi connectivity index (χ0) is 48.9. The van der Waals surface area contributed by atoms with Crippen LogP contribution in [0.4, 0.5) is 0 Å². The number of aliphatic hydroxyl groups excluding tert-OH is 7. The predicted molar refractivity (Wildman–Crippen MR) is 257 cm³/mol. The smallest absolute Gasteiger partial charge is 0.306 e. The minimum Gasteiger partial charge on any atom is -0.462 e. The largest absolute Gasteiger partial charge is 0.462 e. The molecule has 2 saturated heterocycles. The van der Waals surface area contributed by atoms with E-state index in [2.05, 4.69) is 26.0 Å². The number of rotatable bonds is 42. The molecule has 11 atom stereocenters. The van der Waals surface area contributed by atoms with E-state index >= 15 is 0 Å². The summed E-state index contributed by atoms with van der Waals surface area (Å²) in [5, 5.41) is 72.1. The molecule has 0 aliphatic carbocycles. The summed E-state index contributed by atoms with van der Waals surface area (Å²) < 4.78 is 33.6. The van der Waals surface area contributed by atoms with Crippen LogP contribution in [0.2, 0.25) is 0 Å². The number of aliphatic hydroxyl groups is 7. The molecule has 0 saturated carbocycles. The lowest BCUT2D eigenvalue weighted by molar-refractivity contribution is -0.332. The maximum Gasteiger partial charge on any atom is 0.306 e. The number of unbranched alkanes of at least 4 members (excludes halogenated alkanes) is 26. The van der Waals surface area contributed by atoms with Crippen molar-refractivity contribution < 1.29 is 73.8 Å². The monoisotopic (exact) mass is 961 g/mol. The second-order valence-corrected chi connectivity index (χ2v) is 19.1. The van der Waals surface area contributed by atoms with Gasteiger partial charge in [-0.3, -0.25) is 9.59 Å². The number of hydrogen-bond donors (Lipinski definition) is 7. The Kier molecular flexibility index (Phi) is 36.5. The van der Waals surface area contributed by atoms with Crippen LogP contribution in [-0.4, -0.2) is 142 Å². The van der Waals surface area contributed by atoms with Crippen LogP contribution in [0.25, 0.3) is 0 Å². The van der Waals surface area contributed by atoms with E-state index < -0.39 is 92.7 Å². The Balaban J connectivity index is 1.79. The molecule has 2 rings (SSSR count). The molecule has 2 fully saturated rings. The molecule has 7 N–H and O–H groups in total. The number of carbonyl (C=O) groups excluding carboxylic acids is 2. The lowest BCUT2D eigenvalue weighted by Gasteiger charge is -2.42. The summed E-state index contributed by atoms with van der Waals surface area (Å²) in [6.07, 6.45) is 22.3. The molecule has 0 amide bonds. The summed E-state index contributed by atoms with van der Waals surface area (Å²) in [4.78, 5) is 25.8. The molecule has 0 aromatic rings. The van der Waals surface area contributed by atoms with E-state index in [0.717, 1.165) is 51.4 Å². The number of ether oxygens (including phenoxy) is 6. The molecule has 4 unspecified atom stereocenters. The molecule has 2 heterocycles. The normalized spacial score (nSPS) is 26.0. The van der Waals surface area contributed by atoms with E-state index in [1.807, 2.05) is 0 Å². The van der Waals surface area contributed by atoms with Gasteiger partial charge in [0.2, 0.25) is 0 Å².